The van der Waals surface area contributed by atoms with Crippen molar-refractivity contribution in [3.8, 4) is 0 Å². The van der Waals surface area contributed by atoms with Gasteiger partial charge in [0.25, 0.3) is 0 Å². The molecule has 2 aliphatic heterocycles. The maximum Gasteiger partial charge on any atom is 0.232 e. The summed E-state index contributed by atoms with van der Waals surface area (Å²) in [6.07, 6.45) is 2.30. The van der Waals surface area contributed by atoms with Crippen LogP contribution in [-0.4, -0.2) is 53.3 Å². The van der Waals surface area contributed by atoms with Gasteiger partial charge in [0.1, 0.15) is 0 Å². The Kier molecular flexibility index (Phi) is 3.37. The van der Waals surface area contributed by atoms with Crippen molar-refractivity contribution in [2.45, 2.75) is 32.2 Å². The maximum absolute atomic E-state index is 5.88. The summed E-state index contributed by atoms with van der Waals surface area (Å²) in [4.78, 5) is 17.6. The van der Waals surface area contributed by atoms with Gasteiger partial charge in [-0.1, -0.05) is 0 Å². The molecule has 2 N–H and O–H groups in total. The minimum absolute atomic E-state index is 0.0794. The fourth-order valence-electron chi connectivity index (χ4n) is 2.87. The van der Waals surface area contributed by atoms with E-state index in [1.54, 1.807) is 0 Å². The van der Waals surface area contributed by atoms with Crippen molar-refractivity contribution in [2.24, 2.45) is 0 Å². The van der Waals surface area contributed by atoms with Gasteiger partial charge < -0.3 is 20.3 Å². The molecule has 0 unspecified atom stereocenters. The van der Waals surface area contributed by atoms with Gasteiger partial charge in [-0.2, -0.15) is 15.0 Å². The zero-order valence-corrected chi connectivity index (χ0v) is 12.2. The van der Waals surface area contributed by atoms with Gasteiger partial charge in [0.05, 0.1) is 13.2 Å². The van der Waals surface area contributed by atoms with Crippen LogP contribution < -0.4 is 15.5 Å². The smallest absolute Gasteiger partial charge is 0.232 e. The highest BCUT2D eigenvalue weighted by Crippen LogP contribution is 2.32. The Morgan fingerprint density at radius 1 is 1.05 bits per heavy atom. The van der Waals surface area contributed by atoms with E-state index >= 15 is 0 Å². The van der Waals surface area contributed by atoms with Gasteiger partial charge in [-0.25, -0.2) is 0 Å². The SMILES string of the molecule is CC1(C)CCCN1c1nc(N)nc(N2CCOCC2)n1. The normalized spacial score (nSPS) is 22.3. The third-order valence-corrected chi connectivity index (χ3v) is 4.07. The number of aromatic nitrogens is 3. The Labute approximate surface area is 119 Å². The molecule has 0 amide bonds. The van der Waals surface area contributed by atoms with E-state index in [9.17, 15) is 0 Å². The Bertz CT molecular complexity index is 486. The van der Waals surface area contributed by atoms with Gasteiger partial charge in [-0.15, -0.1) is 0 Å². The van der Waals surface area contributed by atoms with Crippen LogP contribution in [0.15, 0.2) is 0 Å². The summed E-state index contributed by atoms with van der Waals surface area (Å²) in [6.45, 7) is 8.41. The molecule has 0 aromatic carbocycles. The van der Waals surface area contributed by atoms with E-state index in [2.05, 4.69) is 38.6 Å². The molecule has 3 heterocycles. The largest absolute Gasteiger partial charge is 0.378 e. The number of nitrogen functional groups attached to an aromatic ring is 1. The highest BCUT2D eigenvalue weighted by Gasteiger charge is 2.34. The lowest BCUT2D eigenvalue weighted by atomic mass is 10.0. The molecule has 2 fully saturated rings. The second-order valence-corrected chi connectivity index (χ2v) is 5.96. The van der Waals surface area contributed by atoms with Crippen molar-refractivity contribution < 1.29 is 4.74 Å². The second kappa shape index (κ2) is 5.05. The van der Waals surface area contributed by atoms with Crippen LogP contribution in [0.25, 0.3) is 0 Å². The highest BCUT2D eigenvalue weighted by molar-refractivity contribution is 5.46. The predicted molar refractivity (Wildman–Crippen MR) is 77.9 cm³/mol. The van der Waals surface area contributed by atoms with Crippen LogP contribution in [0.4, 0.5) is 17.8 Å². The van der Waals surface area contributed by atoms with Gasteiger partial charge in [0.2, 0.25) is 17.8 Å². The first-order chi connectivity index (χ1) is 9.56. The zero-order chi connectivity index (χ0) is 14.2. The van der Waals surface area contributed by atoms with Crippen LogP contribution in [0.2, 0.25) is 0 Å². The third kappa shape index (κ3) is 2.49. The van der Waals surface area contributed by atoms with Crippen LogP contribution >= 0.6 is 0 Å². The third-order valence-electron chi connectivity index (χ3n) is 4.07. The number of hydrogen-bond acceptors (Lipinski definition) is 7. The molecule has 0 bridgehead atoms. The molecule has 3 rings (SSSR count). The lowest BCUT2D eigenvalue weighted by Gasteiger charge is -2.33. The maximum atomic E-state index is 5.88. The van der Waals surface area contributed by atoms with Crippen molar-refractivity contribution in [2.75, 3.05) is 48.4 Å². The highest BCUT2D eigenvalue weighted by atomic mass is 16.5. The van der Waals surface area contributed by atoms with Crippen molar-refractivity contribution >= 4 is 17.8 Å². The lowest BCUT2D eigenvalue weighted by Crippen LogP contribution is -2.41. The first-order valence-corrected chi connectivity index (χ1v) is 7.18. The van der Waals surface area contributed by atoms with E-state index in [0.717, 1.165) is 32.5 Å². The summed E-state index contributed by atoms with van der Waals surface area (Å²) in [7, 11) is 0. The van der Waals surface area contributed by atoms with Gasteiger partial charge in [-0.05, 0) is 26.7 Å². The Balaban J connectivity index is 1.90. The van der Waals surface area contributed by atoms with Crippen LogP contribution in [0.1, 0.15) is 26.7 Å². The quantitative estimate of drug-likeness (QED) is 0.851. The molecule has 0 radical (unpaired) electrons. The molecule has 0 spiro atoms. The van der Waals surface area contributed by atoms with E-state index in [4.69, 9.17) is 10.5 Å². The molecule has 2 saturated heterocycles. The standard InChI is InChI=1S/C13H22N6O/c1-13(2)4-3-5-19(13)12-16-10(14)15-11(17-12)18-6-8-20-9-7-18/h3-9H2,1-2H3,(H2,14,15,16,17). The van der Waals surface area contributed by atoms with Gasteiger partial charge in [0.15, 0.2) is 0 Å². The van der Waals surface area contributed by atoms with Crippen LogP contribution in [-0.2, 0) is 4.74 Å². The summed E-state index contributed by atoms with van der Waals surface area (Å²) in [6, 6.07) is 0. The van der Waals surface area contributed by atoms with Gasteiger partial charge in [0, 0.05) is 25.2 Å². The predicted octanol–water partition coefficient (Wildman–Crippen LogP) is 0.669. The van der Waals surface area contributed by atoms with Crippen LogP contribution in [0, 0.1) is 0 Å². The van der Waals surface area contributed by atoms with Gasteiger partial charge in [-0.3, -0.25) is 0 Å². The molecule has 0 saturated carbocycles. The monoisotopic (exact) mass is 278 g/mol. The molecule has 1 aromatic rings. The van der Waals surface area contributed by atoms with Crippen molar-refractivity contribution in [3.05, 3.63) is 0 Å². The fraction of sp³-hybridized carbons (Fsp3) is 0.769. The second-order valence-electron chi connectivity index (χ2n) is 5.96. The number of anilines is 3. The van der Waals surface area contributed by atoms with E-state index in [-0.39, 0.29) is 5.54 Å². The molecule has 2 aliphatic rings. The first-order valence-electron chi connectivity index (χ1n) is 7.18. The summed E-state index contributed by atoms with van der Waals surface area (Å²) < 4.78 is 5.36. The zero-order valence-electron chi connectivity index (χ0n) is 12.2. The van der Waals surface area contributed by atoms with Gasteiger partial charge >= 0.3 is 0 Å². The molecule has 0 aliphatic carbocycles. The molecular weight excluding hydrogens is 256 g/mol. The average molecular weight is 278 g/mol. The number of nitrogens with two attached hydrogens (primary N) is 1. The Morgan fingerprint density at radius 3 is 2.40 bits per heavy atom. The Hall–Kier alpha value is -1.63. The van der Waals surface area contributed by atoms with Crippen molar-refractivity contribution in [3.63, 3.8) is 0 Å². The summed E-state index contributed by atoms with van der Waals surface area (Å²) >= 11 is 0. The number of ether oxygens (including phenoxy) is 1. The topological polar surface area (TPSA) is 80.4 Å². The first kappa shape index (κ1) is 13.4. The number of hydrogen-bond donors (Lipinski definition) is 1. The van der Waals surface area contributed by atoms with E-state index in [1.165, 1.54) is 0 Å². The summed E-state index contributed by atoms with van der Waals surface area (Å²) in [5.41, 5.74) is 5.95. The molecular formula is C13H22N6O. The lowest BCUT2D eigenvalue weighted by molar-refractivity contribution is 0.122. The Morgan fingerprint density at radius 2 is 1.75 bits per heavy atom. The average Bonchev–Trinajstić information content (AvgIpc) is 2.79. The van der Waals surface area contributed by atoms with E-state index in [1.807, 2.05) is 0 Å². The van der Waals surface area contributed by atoms with E-state index in [0.29, 0.717) is 31.1 Å². The van der Waals surface area contributed by atoms with E-state index < -0.39 is 0 Å². The number of rotatable bonds is 2. The molecule has 7 heteroatoms. The molecule has 110 valence electrons. The van der Waals surface area contributed by atoms with Crippen LogP contribution in [0.5, 0.6) is 0 Å². The van der Waals surface area contributed by atoms with Crippen LogP contribution in [0.3, 0.4) is 0 Å². The summed E-state index contributed by atoms with van der Waals surface area (Å²) in [5.74, 6) is 1.65. The number of morpholine rings is 1. The summed E-state index contributed by atoms with van der Waals surface area (Å²) in [5, 5.41) is 0. The minimum Gasteiger partial charge on any atom is -0.378 e. The molecule has 1 aromatic heterocycles. The van der Waals surface area contributed by atoms with Crippen molar-refractivity contribution in [1.29, 1.82) is 0 Å². The molecule has 20 heavy (non-hydrogen) atoms. The minimum atomic E-state index is 0.0794. The fourth-order valence-corrected chi connectivity index (χ4v) is 2.87. The van der Waals surface area contributed by atoms with Crippen molar-refractivity contribution in [1.82, 2.24) is 15.0 Å². The molecule has 0 atom stereocenters. The molecule has 7 nitrogen and oxygen atoms in total. The number of nitrogens with zero attached hydrogens (tertiary/aromatic N) is 5.